The van der Waals surface area contributed by atoms with Gasteiger partial charge in [0, 0.05) is 6.54 Å². The Labute approximate surface area is 105 Å². The molecular formula is C14H26N2O. The molecule has 98 valence electrons. The Morgan fingerprint density at radius 1 is 1.47 bits per heavy atom. The smallest absolute Gasteiger partial charge is 0.237 e. The van der Waals surface area contributed by atoms with Gasteiger partial charge >= 0.3 is 0 Å². The second-order valence-electron chi connectivity index (χ2n) is 5.19. The van der Waals surface area contributed by atoms with Crippen molar-refractivity contribution < 1.29 is 4.79 Å². The topological polar surface area (TPSA) is 41.1 Å². The van der Waals surface area contributed by atoms with Crippen molar-refractivity contribution in [3.8, 4) is 0 Å². The molecule has 3 heteroatoms. The molecule has 0 heterocycles. The normalized spacial score (nSPS) is 26.2. The maximum atomic E-state index is 11.6. The SMILES string of the molecule is C=CCNC(=O)C(C)NCC1CCCCC1C. The number of carbonyl (C=O) groups excluding carboxylic acids is 1. The fraction of sp³-hybridized carbons (Fsp3) is 0.786. The highest BCUT2D eigenvalue weighted by atomic mass is 16.2. The van der Waals surface area contributed by atoms with E-state index >= 15 is 0 Å². The molecule has 1 fully saturated rings. The van der Waals surface area contributed by atoms with Crippen molar-refractivity contribution in [2.24, 2.45) is 11.8 Å². The summed E-state index contributed by atoms with van der Waals surface area (Å²) in [5, 5.41) is 6.16. The van der Waals surface area contributed by atoms with Gasteiger partial charge in [-0.05, 0) is 31.7 Å². The minimum atomic E-state index is -0.107. The number of hydrogen-bond acceptors (Lipinski definition) is 2. The first kappa shape index (κ1) is 14.2. The first-order chi connectivity index (χ1) is 8.15. The number of rotatable bonds is 6. The van der Waals surface area contributed by atoms with Crippen LogP contribution in [0.5, 0.6) is 0 Å². The van der Waals surface area contributed by atoms with Gasteiger partial charge in [-0.2, -0.15) is 0 Å². The van der Waals surface area contributed by atoms with E-state index in [4.69, 9.17) is 0 Å². The number of nitrogens with one attached hydrogen (secondary N) is 2. The van der Waals surface area contributed by atoms with Crippen molar-refractivity contribution in [3.63, 3.8) is 0 Å². The molecule has 1 aliphatic carbocycles. The lowest BCUT2D eigenvalue weighted by atomic mass is 9.80. The molecule has 0 aromatic heterocycles. The number of amides is 1. The number of hydrogen-bond donors (Lipinski definition) is 2. The molecule has 0 saturated heterocycles. The summed E-state index contributed by atoms with van der Waals surface area (Å²) in [5.74, 6) is 1.59. The Bertz CT molecular complexity index is 253. The Morgan fingerprint density at radius 3 is 2.82 bits per heavy atom. The molecule has 3 unspecified atom stereocenters. The molecule has 0 aromatic carbocycles. The fourth-order valence-electron chi connectivity index (χ4n) is 2.44. The average molecular weight is 238 g/mol. The molecule has 3 atom stereocenters. The predicted molar refractivity (Wildman–Crippen MR) is 71.8 cm³/mol. The van der Waals surface area contributed by atoms with Crippen molar-refractivity contribution in [3.05, 3.63) is 12.7 Å². The van der Waals surface area contributed by atoms with Gasteiger partial charge in [0.05, 0.1) is 6.04 Å². The summed E-state index contributed by atoms with van der Waals surface area (Å²) in [6, 6.07) is -0.107. The molecule has 0 aromatic rings. The van der Waals surface area contributed by atoms with Gasteiger partial charge in [0.2, 0.25) is 5.91 Å². The number of carbonyl (C=O) groups is 1. The zero-order chi connectivity index (χ0) is 12.7. The van der Waals surface area contributed by atoms with Crippen molar-refractivity contribution in [1.82, 2.24) is 10.6 Å². The molecule has 0 radical (unpaired) electrons. The first-order valence-corrected chi connectivity index (χ1v) is 6.77. The largest absolute Gasteiger partial charge is 0.351 e. The standard InChI is InChI=1S/C14H26N2O/c1-4-9-15-14(17)12(3)16-10-13-8-6-5-7-11(13)2/h4,11-13,16H,1,5-10H2,2-3H3,(H,15,17). The summed E-state index contributed by atoms with van der Waals surface area (Å²) in [7, 11) is 0. The van der Waals surface area contributed by atoms with Crippen LogP contribution in [0, 0.1) is 11.8 Å². The van der Waals surface area contributed by atoms with Crippen LogP contribution in [0.1, 0.15) is 39.5 Å². The molecule has 2 N–H and O–H groups in total. The lowest BCUT2D eigenvalue weighted by Gasteiger charge is -2.29. The van der Waals surface area contributed by atoms with Crippen LogP contribution < -0.4 is 10.6 Å². The maximum absolute atomic E-state index is 11.6. The average Bonchev–Trinajstić information content (AvgIpc) is 2.34. The van der Waals surface area contributed by atoms with E-state index in [0.717, 1.165) is 18.4 Å². The van der Waals surface area contributed by atoms with Crippen molar-refractivity contribution in [1.29, 1.82) is 0 Å². The van der Waals surface area contributed by atoms with Crippen LogP contribution in [-0.4, -0.2) is 25.0 Å². The van der Waals surface area contributed by atoms with E-state index in [1.54, 1.807) is 6.08 Å². The van der Waals surface area contributed by atoms with E-state index in [-0.39, 0.29) is 11.9 Å². The fourth-order valence-corrected chi connectivity index (χ4v) is 2.44. The molecule has 0 aliphatic heterocycles. The summed E-state index contributed by atoms with van der Waals surface area (Å²) in [6.45, 7) is 9.34. The summed E-state index contributed by atoms with van der Waals surface area (Å²) < 4.78 is 0. The highest BCUT2D eigenvalue weighted by molar-refractivity contribution is 5.81. The summed E-state index contributed by atoms with van der Waals surface area (Å²) in [4.78, 5) is 11.6. The minimum absolute atomic E-state index is 0.0633. The van der Waals surface area contributed by atoms with Crippen LogP contribution >= 0.6 is 0 Å². The lowest BCUT2D eigenvalue weighted by molar-refractivity contribution is -0.122. The van der Waals surface area contributed by atoms with Crippen molar-refractivity contribution >= 4 is 5.91 Å². The second kappa shape index (κ2) is 7.49. The summed E-state index contributed by atoms with van der Waals surface area (Å²) in [6.07, 6.45) is 7.05. The quantitative estimate of drug-likeness (QED) is 0.696. The van der Waals surface area contributed by atoms with E-state index in [9.17, 15) is 4.79 Å². The Kier molecular flexibility index (Phi) is 6.27. The van der Waals surface area contributed by atoms with E-state index in [0.29, 0.717) is 6.54 Å². The van der Waals surface area contributed by atoms with Crippen LogP contribution in [0.25, 0.3) is 0 Å². The van der Waals surface area contributed by atoms with Gasteiger partial charge in [-0.15, -0.1) is 6.58 Å². The molecule has 1 rings (SSSR count). The molecule has 0 bridgehead atoms. The third-order valence-electron chi connectivity index (χ3n) is 3.79. The zero-order valence-electron chi connectivity index (χ0n) is 11.2. The predicted octanol–water partition coefficient (Wildman–Crippen LogP) is 2.09. The minimum Gasteiger partial charge on any atom is -0.351 e. The first-order valence-electron chi connectivity index (χ1n) is 6.77. The summed E-state index contributed by atoms with van der Waals surface area (Å²) in [5.41, 5.74) is 0. The van der Waals surface area contributed by atoms with Gasteiger partial charge in [-0.3, -0.25) is 4.79 Å². The Hall–Kier alpha value is -0.830. The van der Waals surface area contributed by atoms with E-state index in [1.807, 2.05) is 6.92 Å². The van der Waals surface area contributed by atoms with Crippen LogP contribution in [0.4, 0.5) is 0 Å². The van der Waals surface area contributed by atoms with Gasteiger partial charge < -0.3 is 10.6 Å². The van der Waals surface area contributed by atoms with Gasteiger partial charge in [0.15, 0.2) is 0 Å². The van der Waals surface area contributed by atoms with Crippen molar-refractivity contribution in [2.75, 3.05) is 13.1 Å². The molecule has 1 saturated carbocycles. The Balaban J connectivity index is 2.24. The molecule has 0 spiro atoms. The van der Waals surface area contributed by atoms with E-state index in [2.05, 4.69) is 24.1 Å². The third kappa shape index (κ3) is 4.90. The van der Waals surface area contributed by atoms with Crippen LogP contribution in [-0.2, 0) is 4.79 Å². The van der Waals surface area contributed by atoms with E-state index in [1.165, 1.54) is 25.7 Å². The highest BCUT2D eigenvalue weighted by Gasteiger charge is 2.22. The Morgan fingerprint density at radius 2 is 2.18 bits per heavy atom. The molecule has 1 aliphatic rings. The zero-order valence-corrected chi connectivity index (χ0v) is 11.2. The lowest BCUT2D eigenvalue weighted by Crippen LogP contribution is -2.44. The van der Waals surface area contributed by atoms with Crippen LogP contribution in [0.2, 0.25) is 0 Å². The monoisotopic (exact) mass is 238 g/mol. The highest BCUT2D eigenvalue weighted by Crippen LogP contribution is 2.28. The van der Waals surface area contributed by atoms with Gasteiger partial charge in [0.25, 0.3) is 0 Å². The third-order valence-corrected chi connectivity index (χ3v) is 3.79. The molecular weight excluding hydrogens is 212 g/mol. The molecule has 17 heavy (non-hydrogen) atoms. The van der Waals surface area contributed by atoms with Gasteiger partial charge in [-0.1, -0.05) is 32.3 Å². The van der Waals surface area contributed by atoms with Crippen LogP contribution in [0.3, 0.4) is 0 Å². The van der Waals surface area contributed by atoms with Gasteiger partial charge in [-0.25, -0.2) is 0 Å². The molecule has 3 nitrogen and oxygen atoms in total. The second-order valence-corrected chi connectivity index (χ2v) is 5.19. The molecule has 1 amide bonds. The van der Waals surface area contributed by atoms with E-state index < -0.39 is 0 Å². The summed E-state index contributed by atoms with van der Waals surface area (Å²) >= 11 is 0. The van der Waals surface area contributed by atoms with Gasteiger partial charge in [0.1, 0.15) is 0 Å². The van der Waals surface area contributed by atoms with Crippen LogP contribution in [0.15, 0.2) is 12.7 Å². The maximum Gasteiger partial charge on any atom is 0.237 e. The van der Waals surface area contributed by atoms with Crippen molar-refractivity contribution in [2.45, 2.75) is 45.6 Å².